The van der Waals surface area contributed by atoms with E-state index in [2.05, 4.69) is 42.5 Å². The molecule has 8 heteroatoms. The molecule has 0 spiro atoms. The molecule has 0 aliphatic rings. The second-order valence-corrected chi connectivity index (χ2v) is 7.92. The first-order valence-corrected chi connectivity index (χ1v) is 10.0. The fourth-order valence-electron chi connectivity index (χ4n) is 2.62. The highest BCUT2D eigenvalue weighted by Crippen LogP contribution is 2.32. The lowest BCUT2D eigenvalue weighted by atomic mass is 10.0. The van der Waals surface area contributed by atoms with Crippen LogP contribution in [0, 0.1) is 0 Å². The number of aliphatic carboxylic acids is 1. The first-order chi connectivity index (χ1) is 12.8. The van der Waals surface area contributed by atoms with Crippen LogP contribution in [0.15, 0.2) is 45.3 Å². The highest BCUT2D eigenvalue weighted by molar-refractivity contribution is 9.11. The molecule has 0 aromatic heterocycles. The number of hydrogen-bond acceptors (Lipinski definition) is 5. The molecule has 2 rings (SSSR count). The monoisotopic (exact) mass is 500 g/mol. The van der Waals surface area contributed by atoms with Gasteiger partial charge in [-0.3, -0.25) is 4.79 Å². The Kier molecular flexibility index (Phi) is 8.09. The number of phenolic OH excluding ortho intramolecular Hbond substituents is 1. The summed E-state index contributed by atoms with van der Waals surface area (Å²) in [6.07, 6.45) is 0.0648. The highest BCUT2D eigenvalue weighted by atomic mass is 79.9. The normalized spacial score (nSPS) is 13.2. The summed E-state index contributed by atoms with van der Waals surface area (Å²) in [7, 11) is 0. The van der Waals surface area contributed by atoms with Crippen LogP contribution in [0.2, 0.25) is 0 Å². The van der Waals surface area contributed by atoms with Gasteiger partial charge in [-0.25, -0.2) is 0 Å². The maximum Gasteiger partial charge on any atom is 0.322 e. The molecule has 146 valence electrons. The van der Waals surface area contributed by atoms with Crippen LogP contribution < -0.4 is 10.6 Å². The van der Waals surface area contributed by atoms with Gasteiger partial charge in [0.15, 0.2) is 0 Å². The predicted octanol–water partition coefficient (Wildman–Crippen LogP) is 3.67. The SMILES string of the molecule is C[C@H](NCCc1cc(Br)c(NCC(=O)O)c(Br)c1)[C@H](O)c1ccc(O)cc1. The van der Waals surface area contributed by atoms with Crippen molar-refractivity contribution in [2.45, 2.75) is 25.5 Å². The summed E-state index contributed by atoms with van der Waals surface area (Å²) < 4.78 is 1.57. The lowest BCUT2D eigenvalue weighted by Gasteiger charge is -2.21. The van der Waals surface area contributed by atoms with Crippen molar-refractivity contribution in [2.24, 2.45) is 0 Å². The van der Waals surface area contributed by atoms with Gasteiger partial charge in [-0.15, -0.1) is 0 Å². The molecule has 5 N–H and O–H groups in total. The molecule has 0 saturated heterocycles. The summed E-state index contributed by atoms with van der Waals surface area (Å²) in [6.45, 7) is 2.41. The van der Waals surface area contributed by atoms with E-state index in [0.29, 0.717) is 12.2 Å². The van der Waals surface area contributed by atoms with Gasteiger partial charge in [0.25, 0.3) is 0 Å². The second kappa shape index (κ2) is 10.1. The number of nitrogens with one attached hydrogen (secondary N) is 2. The third kappa shape index (κ3) is 6.49. The molecule has 0 aliphatic carbocycles. The number of anilines is 1. The van der Waals surface area contributed by atoms with E-state index in [1.807, 2.05) is 19.1 Å². The number of carbonyl (C=O) groups is 1. The number of halogens is 2. The van der Waals surface area contributed by atoms with Gasteiger partial charge in [0.2, 0.25) is 0 Å². The van der Waals surface area contributed by atoms with Crippen molar-refractivity contribution in [2.75, 3.05) is 18.4 Å². The van der Waals surface area contributed by atoms with Crippen LogP contribution in [0.4, 0.5) is 5.69 Å². The average molecular weight is 502 g/mol. The molecule has 6 nitrogen and oxygen atoms in total. The van der Waals surface area contributed by atoms with Gasteiger partial charge in [0.05, 0.1) is 11.8 Å². The molecular weight excluding hydrogens is 480 g/mol. The van der Waals surface area contributed by atoms with Crippen LogP contribution in [0.3, 0.4) is 0 Å². The fourth-order valence-corrected chi connectivity index (χ4v) is 4.18. The zero-order chi connectivity index (χ0) is 20.0. The van der Waals surface area contributed by atoms with E-state index in [0.717, 1.165) is 26.5 Å². The van der Waals surface area contributed by atoms with Gasteiger partial charge >= 0.3 is 5.97 Å². The maximum atomic E-state index is 10.7. The molecule has 0 saturated carbocycles. The Morgan fingerprint density at radius 3 is 2.30 bits per heavy atom. The van der Waals surface area contributed by atoms with Crippen molar-refractivity contribution in [1.29, 1.82) is 0 Å². The molecule has 2 aromatic rings. The Balaban J connectivity index is 1.90. The molecule has 2 aromatic carbocycles. The number of carboxylic acids is 1. The van der Waals surface area contributed by atoms with Crippen LogP contribution in [-0.4, -0.2) is 40.4 Å². The number of rotatable bonds is 9. The summed E-state index contributed by atoms with van der Waals surface area (Å²) in [5, 5.41) is 34.7. The third-order valence-corrected chi connectivity index (χ3v) is 5.36. The largest absolute Gasteiger partial charge is 0.508 e. The predicted molar refractivity (Wildman–Crippen MR) is 112 cm³/mol. The molecule has 27 heavy (non-hydrogen) atoms. The Morgan fingerprint density at radius 2 is 1.74 bits per heavy atom. The van der Waals surface area contributed by atoms with Gasteiger partial charge < -0.3 is 26.0 Å². The molecule has 0 amide bonds. The van der Waals surface area contributed by atoms with Crippen LogP contribution >= 0.6 is 31.9 Å². The zero-order valence-corrected chi connectivity index (χ0v) is 17.9. The molecule has 2 atom stereocenters. The van der Waals surface area contributed by atoms with Crippen LogP contribution in [-0.2, 0) is 11.2 Å². The lowest BCUT2D eigenvalue weighted by molar-refractivity contribution is -0.134. The van der Waals surface area contributed by atoms with Crippen molar-refractivity contribution in [3.8, 4) is 5.75 Å². The summed E-state index contributed by atoms with van der Waals surface area (Å²) in [5.74, 6) is -0.757. The van der Waals surface area contributed by atoms with Crippen molar-refractivity contribution < 1.29 is 20.1 Å². The van der Waals surface area contributed by atoms with Gasteiger partial charge in [-0.2, -0.15) is 0 Å². The van der Waals surface area contributed by atoms with Crippen molar-refractivity contribution in [1.82, 2.24) is 5.32 Å². The second-order valence-electron chi connectivity index (χ2n) is 6.21. The minimum atomic E-state index is -0.928. The van der Waals surface area contributed by atoms with Crippen molar-refractivity contribution in [3.05, 3.63) is 56.5 Å². The van der Waals surface area contributed by atoms with E-state index in [-0.39, 0.29) is 18.3 Å². The lowest BCUT2D eigenvalue weighted by Crippen LogP contribution is -2.33. The quantitative estimate of drug-likeness (QED) is 0.359. The minimum Gasteiger partial charge on any atom is -0.508 e. The van der Waals surface area contributed by atoms with E-state index in [9.17, 15) is 15.0 Å². The van der Waals surface area contributed by atoms with Crippen LogP contribution in [0.1, 0.15) is 24.2 Å². The molecule has 0 radical (unpaired) electrons. The minimum absolute atomic E-state index is 0.155. The van der Waals surface area contributed by atoms with Gasteiger partial charge in [0.1, 0.15) is 12.3 Å². The van der Waals surface area contributed by atoms with Gasteiger partial charge in [-0.05, 0) is 87.1 Å². The average Bonchev–Trinajstić information content (AvgIpc) is 2.60. The Labute approximate surface area is 174 Å². The summed E-state index contributed by atoms with van der Waals surface area (Å²) >= 11 is 6.92. The number of carboxylic acid groups (broad SMARTS) is 1. The van der Waals surface area contributed by atoms with E-state index in [4.69, 9.17) is 5.11 Å². The molecule has 0 heterocycles. The molecule has 0 bridgehead atoms. The maximum absolute atomic E-state index is 10.7. The van der Waals surface area contributed by atoms with E-state index >= 15 is 0 Å². The number of phenols is 1. The van der Waals surface area contributed by atoms with Crippen molar-refractivity contribution in [3.63, 3.8) is 0 Å². The number of hydrogen-bond donors (Lipinski definition) is 5. The number of aliphatic hydroxyl groups excluding tert-OH is 1. The molecular formula is C19H22Br2N2O4. The standard InChI is InChI=1S/C19H22Br2N2O4/c1-11(19(27)13-2-4-14(24)5-3-13)22-7-6-12-8-15(20)18(16(21)9-12)23-10-17(25)26/h2-5,8-9,11,19,22-24,27H,6-7,10H2,1H3,(H,25,26)/t11-,19-/m0/s1. The smallest absolute Gasteiger partial charge is 0.322 e. The first-order valence-electron chi connectivity index (χ1n) is 8.42. The summed E-state index contributed by atoms with van der Waals surface area (Å²) in [5.41, 5.74) is 2.51. The molecule has 0 aliphatic heterocycles. The number of aliphatic hydroxyl groups is 1. The zero-order valence-electron chi connectivity index (χ0n) is 14.7. The summed E-state index contributed by atoms with van der Waals surface area (Å²) in [6, 6.07) is 10.2. The molecule has 0 unspecified atom stereocenters. The first kappa shape index (κ1) is 21.7. The Hall–Kier alpha value is -1.61. The van der Waals surface area contributed by atoms with E-state index in [1.54, 1.807) is 24.3 Å². The number of aromatic hydroxyl groups is 1. The highest BCUT2D eigenvalue weighted by Gasteiger charge is 2.16. The van der Waals surface area contributed by atoms with Crippen molar-refractivity contribution >= 4 is 43.5 Å². The third-order valence-electron chi connectivity index (χ3n) is 4.11. The number of benzene rings is 2. The van der Waals surface area contributed by atoms with E-state index < -0.39 is 12.1 Å². The Morgan fingerprint density at radius 1 is 1.15 bits per heavy atom. The topological polar surface area (TPSA) is 102 Å². The van der Waals surface area contributed by atoms with Crippen LogP contribution in [0.25, 0.3) is 0 Å². The fraction of sp³-hybridized carbons (Fsp3) is 0.316. The molecule has 0 fully saturated rings. The Bertz CT molecular complexity index is 761. The van der Waals surface area contributed by atoms with Gasteiger partial charge in [-0.1, -0.05) is 12.1 Å². The van der Waals surface area contributed by atoms with Crippen LogP contribution in [0.5, 0.6) is 5.75 Å². The van der Waals surface area contributed by atoms with E-state index in [1.165, 1.54) is 0 Å². The summed E-state index contributed by atoms with van der Waals surface area (Å²) in [4.78, 5) is 10.7. The van der Waals surface area contributed by atoms with Gasteiger partial charge in [0, 0.05) is 15.0 Å².